The molecule has 6 nitrogen and oxygen atoms in total. The van der Waals surface area contributed by atoms with Crippen LogP contribution in [0.25, 0.3) is 0 Å². The minimum absolute atomic E-state index is 0.0297. The lowest BCUT2D eigenvalue weighted by Crippen LogP contribution is -2.30. The molecule has 2 aromatic rings. The van der Waals surface area contributed by atoms with Gasteiger partial charge in [0.15, 0.2) is 5.69 Å². The fraction of sp³-hybridized carbons (Fsp3) is 0.471. The maximum Gasteiger partial charge on any atom is 0.273 e. The van der Waals surface area contributed by atoms with Gasteiger partial charge in [-0.15, -0.1) is 5.10 Å². The molecular formula is C17H21F2N5O. The summed E-state index contributed by atoms with van der Waals surface area (Å²) in [6, 6.07) is 3.96. The highest BCUT2D eigenvalue weighted by atomic mass is 19.1. The number of amides is 1. The quantitative estimate of drug-likeness (QED) is 0.863. The summed E-state index contributed by atoms with van der Waals surface area (Å²) in [6.07, 6.45) is 1.96. The molecule has 134 valence electrons. The molecule has 1 saturated heterocycles. The van der Waals surface area contributed by atoms with Gasteiger partial charge in [0.25, 0.3) is 5.91 Å². The van der Waals surface area contributed by atoms with Crippen LogP contribution in [0, 0.1) is 18.6 Å². The van der Waals surface area contributed by atoms with Gasteiger partial charge in [0.2, 0.25) is 0 Å². The second-order valence-electron chi connectivity index (χ2n) is 6.16. The summed E-state index contributed by atoms with van der Waals surface area (Å²) < 4.78 is 29.0. The van der Waals surface area contributed by atoms with Crippen LogP contribution >= 0.6 is 0 Å². The molecule has 0 bridgehead atoms. The normalized spacial score (nSPS) is 15.3. The molecule has 0 atom stereocenters. The monoisotopic (exact) mass is 349 g/mol. The van der Waals surface area contributed by atoms with Crippen molar-refractivity contribution in [3.63, 3.8) is 0 Å². The van der Waals surface area contributed by atoms with E-state index in [1.807, 2.05) is 6.92 Å². The van der Waals surface area contributed by atoms with Crippen molar-refractivity contribution in [2.75, 3.05) is 19.6 Å². The zero-order valence-corrected chi connectivity index (χ0v) is 14.1. The molecule has 3 rings (SSSR count). The van der Waals surface area contributed by atoms with E-state index in [1.54, 1.807) is 4.68 Å². The summed E-state index contributed by atoms with van der Waals surface area (Å²) in [5.74, 6) is -1.60. The van der Waals surface area contributed by atoms with Crippen molar-refractivity contribution < 1.29 is 13.6 Å². The first-order valence-electron chi connectivity index (χ1n) is 8.41. The highest BCUT2D eigenvalue weighted by molar-refractivity contribution is 5.93. The van der Waals surface area contributed by atoms with Crippen LogP contribution < -0.4 is 10.6 Å². The van der Waals surface area contributed by atoms with Gasteiger partial charge < -0.3 is 10.6 Å². The number of aromatic nitrogens is 3. The van der Waals surface area contributed by atoms with Crippen LogP contribution in [-0.2, 0) is 6.42 Å². The van der Waals surface area contributed by atoms with E-state index in [1.165, 1.54) is 18.2 Å². The predicted molar refractivity (Wildman–Crippen MR) is 88.3 cm³/mol. The smallest absolute Gasteiger partial charge is 0.273 e. The van der Waals surface area contributed by atoms with Crippen LogP contribution in [0.5, 0.6) is 0 Å². The van der Waals surface area contributed by atoms with Crippen LogP contribution in [-0.4, -0.2) is 40.5 Å². The molecule has 8 heteroatoms. The summed E-state index contributed by atoms with van der Waals surface area (Å²) in [7, 11) is 0. The van der Waals surface area contributed by atoms with E-state index < -0.39 is 11.6 Å². The minimum atomic E-state index is -0.609. The zero-order chi connectivity index (χ0) is 17.8. The van der Waals surface area contributed by atoms with Crippen molar-refractivity contribution in [2.45, 2.75) is 32.2 Å². The summed E-state index contributed by atoms with van der Waals surface area (Å²) in [5, 5.41) is 14.0. The Morgan fingerprint density at radius 2 is 2.00 bits per heavy atom. The lowest BCUT2D eigenvalue weighted by Gasteiger charge is -2.23. The number of nitrogens with zero attached hydrogens (tertiary/aromatic N) is 3. The van der Waals surface area contributed by atoms with Crippen molar-refractivity contribution in [2.24, 2.45) is 0 Å². The van der Waals surface area contributed by atoms with E-state index in [0.717, 1.165) is 25.9 Å². The van der Waals surface area contributed by atoms with Gasteiger partial charge in [-0.05, 0) is 51.4 Å². The van der Waals surface area contributed by atoms with E-state index in [4.69, 9.17) is 0 Å². The van der Waals surface area contributed by atoms with Crippen LogP contribution in [0.2, 0.25) is 0 Å². The molecule has 1 aliphatic heterocycles. The third kappa shape index (κ3) is 3.84. The Morgan fingerprint density at radius 3 is 2.68 bits per heavy atom. The highest BCUT2D eigenvalue weighted by Crippen LogP contribution is 2.20. The third-order valence-corrected chi connectivity index (χ3v) is 4.52. The van der Waals surface area contributed by atoms with Crippen LogP contribution in [0.4, 0.5) is 8.78 Å². The molecule has 1 aromatic heterocycles. The number of carbonyl (C=O) groups is 1. The average molecular weight is 349 g/mol. The molecule has 1 fully saturated rings. The van der Waals surface area contributed by atoms with Crippen molar-refractivity contribution in [1.29, 1.82) is 0 Å². The van der Waals surface area contributed by atoms with Crippen molar-refractivity contribution in [3.8, 4) is 0 Å². The Labute approximate surface area is 144 Å². The Balaban J connectivity index is 1.61. The molecule has 2 heterocycles. The Morgan fingerprint density at radius 1 is 1.32 bits per heavy atom. The SMILES string of the molecule is Cc1c(C(=O)NCCc2c(F)cccc2F)nnn1C1CCNCC1. The number of nitrogens with one attached hydrogen (secondary N) is 2. The predicted octanol–water partition coefficient (Wildman–Crippen LogP) is 1.76. The first-order chi connectivity index (χ1) is 12.1. The van der Waals surface area contributed by atoms with E-state index >= 15 is 0 Å². The number of rotatable bonds is 5. The molecule has 1 aliphatic rings. The first kappa shape index (κ1) is 17.5. The fourth-order valence-electron chi connectivity index (χ4n) is 3.10. The van der Waals surface area contributed by atoms with Gasteiger partial charge in [-0.3, -0.25) is 4.79 Å². The molecule has 1 amide bonds. The van der Waals surface area contributed by atoms with Gasteiger partial charge in [-0.1, -0.05) is 11.3 Å². The summed E-state index contributed by atoms with van der Waals surface area (Å²) in [6.45, 7) is 3.77. The first-order valence-corrected chi connectivity index (χ1v) is 8.41. The fourth-order valence-corrected chi connectivity index (χ4v) is 3.10. The van der Waals surface area contributed by atoms with Crippen molar-refractivity contribution in [1.82, 2.24) is 25.6 Å². The largest absolute Gasteiger partial charge is 0.350 e. The number of piperidine rings is 1. The molecule has 0 radical (unpaired) electrons. The number of halogens is 2. The molecular weight excluding hydrogens is 328 g/mol. The van der Waals surface area contributed by atoms with Crippen molar-refractivity contribution in [3.05, 3.63) is 46.8 Å². The van der Waals surface area contributed by atoms with Crippen LogP contribution in [0.1, 0.15) is 40.6 Å². The standard InChI is InChI=1S/C17H21F2N5O/c1-11-16(22-23-24(11)12-5-8-20-9-6-12)17(25)21-10-7-13-14(18)3-2-4-15(13)19/h2-4,12,20H,5-10H2,1H3,(H,21,25). The number of benzene rings is 1. The molecule has 0 saturated carbocycles. The molecule has 0 spiro atoms. The molecule has 1 aromatic carbocycles. The average Bonchev–Trinajstić information content (AvgIpc) is 3.00. The second-order valence-corrected chi connectivity index (χ2v) is 6.16. The van der Waals surface area contributed by atoms with E-state index in [-0.39, 0.29) is 36.2 Å². The number of carbonyl (C=O) groups excluding carboxylic acids is 1. The summed E-state index contributed by atoms with van der Waals surface area (Å²) in [5.41, 5.74) is 0.937. The van der Waals surface area contributed by atoms with Crippen molar-refractivity contribution >= 4 is 5.91 Å². The Kier molecular flexibility index (Phi) is 5.37. The van der Waals surface area contributed by atoms with E-state index in [9.17, 15) is 13.6 Å². The Hall–Kier alpha value is -2.35. The topological polar surface area (TPSA) is 71.8 Å². The maximum atomic E-state index is 13.6. The second kappa shape index (κ2) is 7.69. The van der Waals surface area contributed by atoms with E-state index in [0.29, 0.717) is 5.69 Å². The van der Waals surface area contributed by atoms with Gasteiger partial charge in [0.05, 0.1) is 11.7 Å². The number of hydrogen-bond donors (Lipinski definition) is 2. The lowest BCUT2D eigenvalue weighted by atomic mass is 10.1. The minimum Gasteiger partial charge on any atom is -0.350 e. The van der Waals surface area contributed by atoms with Gasteiger partial charge in [0.1, 0.15) is 11.6 Å². The van der Waals surface area contributed by atoms with Gasteiger partial charge in [-0.2, -0.15) is 0 Å². The number of hydrogen-bond acceptors (Lipinski definition) is 4. The zero-order valence-electron chi connectivity index (χ0n) is 14.1. The summed E-state index contributed by atoms with van der Waals surface area (Å²) >= 11 is 0. The summed E-state index contributed by atoms with van der Waals surface area (Å²) in [4.78, 5) is 12.3. The van der Waals surface area contributed by atoms with Crippen LogP contribution in [0.15, 0.2) is 18.2 Å². The lowest BCUT2D eigenvalue weighted by molar-refractivity contribution is 0.0948. The Bertz CT molecular complexity index is 735. The van der Waals surface area contributed by atoms with Crippen LogP contribution in [0.3, 0.4) is 0 Å². The van der Waals surface area contributed by atoms with E-state index in [2.05, 4.69) is 20.9 Å². The van der Waals surface area contributed by atoms with Gasteiger partial charge >= 0.3 is 0 Å². The third-order valence-electron chi connectivity index (χ3n) is 4.52. The molecule has 2 N–H and O–H groups in total. The highest BCUT2D eigenvalue weighted by Gasteiger charge is 2.22. The maximum absolute atomic E-state index is 13.6. The van der Waals surface area contributed by atoms with Gasteiger partial charge in [-0.25, -0.2) is 13.5 Å². The molecule has 0 aliphatic carbocycles. The van der Waals surface area contributed by atoms with Gasteiger partial charge in [0, 0.05) is 12.1 Å². The molecule has 25 heavy (non-hydrogen) atoms. The molecule has 0 unspecified atom stereocenters.